The lowest BCUT2D eigenvalue weighted by Gasteiger charge is -2.35. The highest BCUT2D eigenvalue weighted by Crippen LogP contribution is 2.25. The fourth-order valence-corrected chi connectivity index (χ4v) is 4.24. The van der Waals surface area contributed by atoms with Gasteiger partial charge in [-0.25, -0.2) is 9.52 Å². The first-order valence-corrected chi connectivity index (χ1v) is 10.9. The molecule has 11 heteroatoms. The van der Waals surface area contributed by atoms with E-state index in [9.17, 15) is 13.2 Å². The number of amides is 1. The van der Waals surface area contributed by atoms with Crippen LogP contribution in [0.15, 0.2) is 24.3 Å². The van der Waals surface area contributed by atoms with E-state index in [0.717, 1.165) is 11.4 Å². The topological polar surface area (TPSA) is 94.2 Å². The summed E-state index contributed by atoms with van der Waals surface area (Å²) in [4.78, 5) is 16.5. The fraction of sp³-hybridized carbons (Fsp3) is 0.529. The molecule has 0 aliphatic carbocycles. The number of carbonyl (C=O) groups is 1. The largest absolute Gasteiger partial charge is 0.442 e. The maximum Gasteiger partial charge on any atom is 0.414 e. The van der Waals surface area contributed by atoms with Crippen molar-refractivity contribution in [1.82, 2.24) is 14.3 Å². The Bertz CT molecular complexity index is 822. The first kappa shape index (κ1) is 20.8. The Balaban J connectivity index is 1.59. The molecule has 1 amide bonds. The zero-order valence-corrected chi connectivity index (χ0v) is 17.6. The third-order valence-corrected chi connectivity index (χ3v) is 6.52. The van der Waals surface area contributed by atoms with Gasteiger partial charge in [0.25, 0.3) is 10.2 Å². The Labute approximate surface area is 170 Å². The van der Waals surface area contributed by atoms with Crippen LogP contribution in [0.2, 0.25) is 0 Å². The zero-order valence-electron chi connectivity index (χ0n) is 15.9. The summed E-state index contributed by atoms with van der Waals surface area (Å²) in [5.74, 6) is 0. The van der Waals surface area contributed by atoms with Gasteiger partial charge in [0, 0.05) is 44.6 Å². The van der Waals surface area contributed by atoms with E-state index in [2.05, 4.69) is 14.9 Å². The molecule has 0 radical (unpaired) electrons. The summed E-state index contributed by atoms with van der Waals surface area (Å²) in [6, 6.07) is 7.65. The molecule has 2 heterocycles. The Hall–Kier alpha value is -1.95. The highest BCUT2D eigenvalue weighted by molar-refractivity contribution is 7.87. The number of anilines is 2. The number of thiocarbonyl (C=S) groups is 1. The molecule has 28 heavy (non-hydrogen) atoms. The van der Waals surface area contributed by atoms with Crippen molar-refractivity contribution in [2.24, 2.45) is 0 Å². The molecule has 0 aromatic heterocycles. The van der Waals surface area contributed by atoms with Crippen molar-refractivity contribution in [3.8, 4) is 0 Å². The number of ether oxygens (including phenoxy) is 1. The smallest absolute Gasteiger partial charge is 0.414 e. The molecule has 1 unspecified atom stereocenters. The molecule has 2 saturated heterocycles. The van der Waals surface area contributed by atoms with Crippen LogP contribution in [0, 0.1) is 0 Å². The lowest BCUT2D eigenvalue weighted by molar-refractivity contribution is 0.143. The van der Waals surface area contributed by atoms with Crippen molar-refractivity contribution in [2.45, 2.75) is 13.0 Å². The molecular weight excluding hydrogens is 402 g/mol. The van der Waals surface area contributed by atoms with Gasteiger partial charge in [0.2, 0.25) is 0 Å². The van der Waals surface area contributed by atoms with Gasteiger partial charge in [-0.15, -0.1) is 0 Å². The summed E-state index contributed by atoms with van der Waals surface area (Å²) in [5, 5.41) is 3.02. The molecule has 1 atom stereocenters. The maximum atomic E-state index is 12.1. The molecule has 1 aromatic rings. The second-order valence-electron chi connectivity index (χ2n) is 6.67. The molecule has 2 fully saturated rings. The molecule has 3 rings (SSSR count). The normalized spacial score (nSPS) is 20.9. The van der Waals surface area contributed by atoms with E-state index in [4.69, 9.17) is 17.0 Å². The summed E-state index contributed by atoms with van der Waals surface area (Å²) in [6.07, 6.45) is -0.611. The Morgan fingerprint density at radius 3 is 2.36 bits per heavy atom. The molecule has 0 spiro atoms. The Kier molecular flexibility index (Phi) is 6.38. The molecule has 2 aliphatic heterocycles. The lowest BCUT2D eigenvalue weighted by Crippen LogP contribution is -2.51. The number of nitrogens with one attached hydrogen (secondary N) is 2. The quantitative estimate of drug-likeness (QED) is 0.640. The van der Waals surface area contributed by atoms with E-state index >= 15 is 0 Å². The molecule has 2 aliphatic rings. The number of piperazine rings is 1. The van der Waals surface area contributed by atoms with Gasteiger partial charge in [-0.2, -0.15) is 12.7 Å². The monoisotopic (exact) mass is 427 g/mol. The highest BCUT2D eigenvalue weighted by Gasteiger charge is 2.32. The summed E-state index contributed by atoms with van der Waals surface area (Å²) in [7, 11) is -1.96. The minimum atomic E-state index is -3.38. The Morgan fingerprint density at radius 2 is 1.79 bits per heavy atom. The van der Waals surface area contributed by atoms with Crippen LogP contribution in [0.5, 0.6) is 0 Å². The molecule has 154 valence electrons. The summed E-state index contributed by atoms with van der Waals surface area (Å²) in [6.45, 7) is 4.82. The first-order valence-electron chi connectivity index (χ1n) is 9.06. The van der Waals surface area contributed by atoms with E-state index in [1.54, 1.807) is 11.8 Å². The third kappa shape index (κ3) is 4.72. The minimum absolute atomic E-state index is 0.243. The fourth-order valence-electron chi connectivity index (χ4n) is 3.26. The van der Waals surface area contributed by atoms with Crippen LogP contribution in [-0.4, -0.2) is 76.2 Å². The maximum absolute atomic E-state index is 12.1. The summed E-state index contributed by atoms with van der Waals surface area (Å²) in [5.41, 5.74) is 1.76. The van der Waals surface area contributed by atoms with E-state index in [0.29, 0.717) is 44.3 Å². The van der Waals surface area contributed by atoms with Crippen molar-refractivity contribution < 1.29 is 17.9 Å². The van der Waals surface area contributed by atoms with E-state index < -0.39 is 10.2 Å². The average Bonchev–Trinajstić information content (AvgIpc) is 3.07. The molecule has 0 bridgehead atoms. The van der Waals surface area contributed by atoms with Gasteiger partial charge in [-0.05, 0) is 31.2 Å². The van der Waals surface area contributed by atoms with Gasteiger partial charge in [0.15, 0.2) is 0 Å². The van der Waals surface area contributed by atoms with Gasteiger partial charge in [-0.1, -0.05) is 12.2 Å². The second-order valence-corrected chi connectivity index (χ2v) is 9.15. The number of nitrogens with zero attached hydrogens (tertiary/aromatic N) is 3. The van der Waals surface area contributed by atoms with Crippen LogP contribution >= 0.6 is 12.2 Å². The molecule has 1 aromatic carbocycles. The predicted molar refractivity (Wildman–Crippen MR) is 112 cm³/mol. The SMILES string of the molecule is CNS(=O)(=O)N1CCN(c2ccc(N3CC(CNC(C)=S)OC3=O)cc2)CC1. The third-order valence-electron chi connectivity index (χ3n) is 4.82. The number of rotatable bonds is 6. The number of cyclic esters (lactones) is 1. The summed E-state index contributed by atoms with van der Waals surface area (Å²) < 4.78 is 32.9. The Morgan fingerprint density at radius 1 is 1.18 bits per heavy atom. The molecule has 0 saturated carbocycles. The van der Waals surface area contributed by atoms with Crippen LogP contribution in [0.4, 0.5) is 16.2 Å². The van der Waals surface area contributed by atoms with Crippen molar-refractivity contribution in [1.29, 1.82) is 0 Å². The highest BCUT2D eigenvalue weighted by atomic mass is 32.2. The minimum Gasteiger partial charge on any atom is -0.442 e. The molecule has 2 N–H and O–H groups in total. The standard InChI is InChI=1S/C17H25N5O4S2/c1-13(27)19-11-16-12-22(17(23)26-16)15-5-3-14(4-6-15)20-7-9-21(10-8-20)28(24,25)18-2/h3-6,16,18H,7-12H2,1-2H3,(H,19,27). The summed E-state index contributed by atoms with van der Waals surface area (Å²) >= 11 is 4.98. The van der Waals surface area contributed by atoms with Crippen molar-refractivity contribution in [2.75, 3.05) is 56.1 Å². The number of benzene rings is 1. The van der Waals surface area contributed by atoms with E-state index in [-0.39, 0.29) is 12.2 Å². The van der Waals surface area contributed by atoms with Crippen LogP contribution in [-0.2, 0) is 14.9 Å². The van der Waals surface area contributed by atoms with Gasteiger partial charge in [0.05, 0.1) is 18.1 Å². The van der Waals surface area contributed by atoms with Gasteiger partial charge in [0.1, 0.15) is 6.10 Å². The molecular formula is C17H25N5O4S2. The zero-order chi connectivity index (χ0) is 20.3. The first-order chi connectivity index (χ1) is 13.3. The predicted octanol–water partition coefficient (Wildman–Crippen LogP) is 0.535. The van der Waals surface area contributed by atoms with Crippen LogP contribution in [0.3, 0.4) is 0 Å². The number of hydrogen-bond acceptors (Lipinski definition) is 6. The van der Waals surface area contributed by atoms with Crippen molar-refractivity contribution in [3.63, 3.8) is 0 Å². The van der Waals surface area contributed by atoms with Crippen molar-refractivity contribution >= 4 is 44.9 Å². The van der Waals surface area contributed by atoms with Gasteiger partial charge in [-0.3, -0.25) is 4.90 Å². The van der Waals surface area contributed by atoms with E-state index in [1.165, 1.54) is 11.4 Å². The van der Waals surface area contributed by atoms with Gasteiger partial charge < -0.3 is 15.0 Å². The van der Waals surface area contributed by atoms with Crippen molar-refractivity contribution in [3.05, 3.63) is 24.3 Å². The number of carbonyl (C=O) groups excluding carboxylic acids is 1. The van der Waals surface area contributed by atoms with Crippen LogP contribution < -0.4 is 19.8 Å². The molecule has 9 nitrogen and oxygen atoms in total. The van der Waals surface area contributed by atoms with Crippen LogP contribution in [0.1, 0.15) is 6.92 Å². The average molecular weight is 428 g/mol. The lowest BCUT2D eigenvalue weighted by atomic mass is 10.2. The van der Waals surface area contributed by atoms with Crippen LogP contribution in [0.25, 0.3) is 0 Å². The van der Waals surface area contributed by atoms with Gasteiger partial charge >= 0.3 is 6.09 Å². The number of hydrogen-bond donors (Lipinski definition) is 2. The second kappa shape index (κ2) is 8.60. The van der Waals surface area contributed by atoms with E-state index in [1.807, 2.05) is 24.3 Å².